The van der Waals surface area contributed by atoms with Gasteiger partial charge < -0.3 is 0 Å². The molecule has 2 rings (SSSR count). The molecule has 0 saturated heterocycles. The zero-order chi connectivity index (χ0) is 9.10. The molecule has 0 N–H and O–H groups in total. The van der Waals surface area contributed by atoms with Crippen molar-refractivity contribution in [3.05, 3.63) is 35.2 Å². The molecule has 0 aromatic carbocycles. The van der Waals surface area contributed by atoms with E-state index in [0.717, 1.165) is 0 Å². The minimum absolute atomic E-state index is 1.28. The molecular weight excluding hydrogens is 175 g/mol. The molecule has 0 atom stereocenters. The maximum atomic E-state index is 2.38. The summed E-state index contributed by atoms with van der Waals surface area (Å²) in [5.41, 5.74) is 3.09. The molecule has 0 unspecified atom stereocenters. The van der Waals surface area contributed by atoms with Gasteiger partial charge in [-0.25, -0.2) is 0 Å². The molecule has 68 valence electrons. The average Bonchev–Trinajstić information content (AvgIpc) is 2.68. The molecule has 1 aliphatic carbocycles. The minimum atomic E-state index is 1.28. The fourth-order valence-corrected chi connectivity index (χ4v) is 2.87. The van der Waals surface area contributed by atoms with E-state index in [1.807, 2.05) is 0 Å². The van der Waals surface area contributed by atoms with E-state index in [-0.39, 0.29) is 0 Å². The van der Waals surface area contributed by atoms with Crippen molar-refractivity contribution in [1.29, 1.82) is 0 Å². The molecule has 0 amide bonds. The highest BCUT2D eigenvalue weighted by molar-refractivity contribution is 7.46. The van der Waals surface area contributed by atoms with Crippen molar-refractivity contribution >= 4 is 13.5 Å². The highest BCUT2D eigenvalue weighted by atomic mass is 31.1. The van der Waals surface area contributed by atoms with Crippen LogP contribution >= 0.6 is 8.20 Å². The minimum Gasteiger partial charge on any atom is -0.0675 e. The lowest BCUT2D eigenvalue weighted by atomic mass is 10.0. The van der Waals surface area contributed by atoms with Gasteiger partial charge in [-0.1, -0.05) is 40.1 Å². The summed E-state index contributed by atoms with van der Waals surface area (Å²) in [5, 5.41) is 1.51. The molecule has 0 fully saturated rings. The maximum Gasteiger partial charge on any atom is 0.00931 e. The summed E-state index contributed by atoms with van der Waals surface area (Å²) >= 11 is 0. The molecule has 0 radical (unpaired) electrons. The molecule has 1 heteroatoms. The third kappa shape index (κ3) is 1.84. The average molecular weight is 190 g/mol. The normalized spacial score (nSPS) is 19.6. The smallest absolute Gasteiger partial charge is 0.00931 e. The molecule has 0 saturated carbocycles. The van der Waals surface area contributed by atoms with Gasteiger partial charge in [0.25, 0.3) is 0 Å². The largest absolute Gasteiger partial charge is 0.0675 e. The topological polar surface area (TPSA) is 0 Å². The van der Waals surface area contributed by atoms with E-state index >= 15 is 0 Å². The Labute approximate surface area is 81.8 Å². The number of fused-ring (bicyclic) bond motifs is 1. The van der Waals surface area contributed by atoms with Crippen LogP contribution in [0.5, 0.6) is 0 Å². The van der Waals surface area contributed by atoms with Crippen molar-refractivity contribution in [1.82, 2.24) is 0 Å². The summed E-state index contributed by atoms with van der Waals surface area (Å²) in [6.07, 6.45) is 12.0. The van der Waals surface area contributed by atoms with Gasteiger partial charge in [-0.2, -0.15) is 0 Å². The molecule has 0 aromatic heterocycles. The fourth-order valence-electron chi connectivity index (χ4n) is 1.78. The van der Waals surface area contributed by atoms with Crippen LogP contribution in [-0.2, 0) is 0 Å². The zero-order valence-electron chi connectivity index (χ0n) is 8.09. The Hall–Kier alpha value is -0.610. The molecule has 13 heavy (non-hydrogen) atoms. The second-order valence-electron chi connectivity index (χ2n) is 3.57. The van der Waals surface area contributed by atoms with Crippen molar-refractivity contribution in [3.63, 3.8) is 0 Å². The summed E-state index contributed by atoms with van der Waals surface area (Å²) in [7, 11) is 1.41. The number of allylic oxidation sites excluding steroid dienone is 5. The first-order chi connectivity index (χ1) is 6.42. The molecule has 0 spiro atoms. The van der Waals surface area contributed by atoms with Crippen LogP contribution in [0.4, 0.5) is 0 Å². The van der Waals surface area contributed by atoms with Crippen molar-refractivity contribution in [2.24, 2.45) is 0 Å². The second kappa shape index (κ2) is 4.07. The van der Waals surface area contributed by atoms with Gasteiger partial charge in [0.1, 0.15) is 0 Å². The van der Waals surface area contributed by atoms with Gasteiger partial charge in [-0.3, -0.25) is 0 Å². The van der Waals surface area contributed by atoms with Crippen LogP contribution in [-0.4, -0.2) is 5.29 Å². The van der Waals surface area contributed by atoms with Gasteiger partial charge in [0.05, 0.1) is 0 Å². The van der Waals surface area contributed by atoms with E-state index in [1.54, 1.807) is 5.57 Å². The Balaban J connectivity index is 1.91. The van der Waals surface area contributed by atoms with Crippen LogP contribution in [0.1, 0.15) is 32.6 Å². The van der Waals surface area contributed by atoms with Crippen LogP contribution < -0.4 is 0 Å². The van der Waals surface area contributed by atoms with Crippen LogP contribution in [0.2, 0.25) is 0 Å². The summed E-state index contributed by atoms with van der Waals surface area (Å²) < 4.78 is 0. The van der Waals surface area contributed by atoms with Crippen LogP contribution in [0, 0.1) is 0 Å². The molecule has 1 aliphatic heterocycles. The molecule has 1 heterocycles. The maximum absolute atomic E-state index is 2.38. The van der Waals surface area contributed by atoms with Crippen molar-refractivity contribution in [3.8, 4) is 0 Å². The number of rotatable bonds is 4. The van der Waals surface area contributed by atoms with E-state index in [2.05, 4.69) is 31.0 Å². The lowest BCUT2D eigenvalue weighted by molar-refractivity contribution is 0.719. The summed E-state index contributed by atoms with van der Waals surface area (Å²) in [6.45, 7) is 2.26. The number of unbranched alkanes of at least 4 members (excludes halogenated alkanes) is 2. The van der Waals surface area contributed by atoms with Gasteiger partial charge in [0.15, 0.2) is 0 Å². The number of hydrogen-bond acceptors (Lipinski definition) is 0. The Morgan fingerprint density at radius 3 is 3.08 bits per heavy atom. The fraction of sp³-hybridized carbons (Fsp3) is 0.417. The van der Waals surface area contributed by atoms with Gasteiger partial charge in [-0.15, -0.1) is 0 Å². The van der Waals surface area contributed by atoms with Gasteiger partial charge in [0, 0.05) is 5.29 Å². The quantitative estimate of drug-likeness (QED) is 0.463. The van der Waals surface area contributed by atoms with Crippen molar-refractivity contribution < 1.29 is 0 Å². The summed E-state index contributed by atoms with van der Waals surface area (Å²) in [6, 6.07) is 0. The highest BCUT2D eigenvalue weighted by Gasteiger charge is 2.15. The Morgan fingerprint density at radius 1 is 1.31 bits per heavy atom. The van der Waals surface area contributed by atoms with E-state index in [4.69, 9.17) is 0 Å². The predicted octanol–water partition coefficient (Wildman–Crippen LogP) is 4.08. The summed E-state index contributed by atoms with van der Waals surface area (Å²) in [5.74, 6) is 2.38. The summed E-state index contributed by atoms with van der Waals surface area (Å²) in [4.78, 5) is 0. The monoisotopic (exact) mass is 190 g/mol. The Morgan fingerprint density at radius 2 is 2.23 bits per heavy atom. The van der Waals surface area contributed by atoms with E-state index in [9.17, 15) is 0 Å². The highest BCUT2D eigenvalue weighted by Crippen LogP contribution is 2.34. The van der Waals surface area contributed by atoms with E-state index in [1.165, 1.54) is 44.8 Å². The van der Waals surface area contributed by atoms with Gasteiger partial charge >= 0.3 is 0 Å². The Bertz CT molecular complexity index is 316. The SMILES string of the molecule is CCCCCC1=CP=C2C=CC=C12. The zero-order valence-corrected chi connectivity index (χ0v) is 8.98. The first-order valence-electron chi connectivity index (χ1n) is 5.08. The first-order valence-corrected chi connectivity index (χ1v) is 6.04. The predicted molar refractivity (Wildman–Crippen MR) is 61.4 cm³/mol. The van der Waals surface area contributed by atoms with E-state index < -0.39 is 0 Å². The van der Waals surface area contributed by atoms with Crippen LogP contribution in [0.3, 0.4) is 0 Å². The molecular formula is C12H15P. The van der Waals surface area contributed by atoms with Crippen LogP contribution in [0.25, 0.3) is 0 Å². The molecule has 0 nitrogen and oxygen atoms in total. The van der Waals surface area contributed by atoms with Crippen molar-refractivity contribution in [2.75, 3.05) is 0 Å². The van der Waals surface area contributed by atoms with Crippen molar-refractivity contribution in [2.45, 2.75) is 32.6 Å². The second-order valence-corrected chi connectivity index (χ2v) is 4.56. The Kier molecular flexibility index (Phi) is 2.80. The third-order valence-electron chi connectivity index (χ3n) is 2.55. The molecule has 0 bridgehead atoms. The van der Waals surface area contributed by atoms with Gasteiger partial charge in [-0.05, 0) is 35.9 Å². The number of hydrogen-bond donors (Lipinski definition) is 0. The molecule has 2 aliphatic rings. The van der Waals surface area contributed by atoms with Gasteiger partial charge in [0.2, 0.25) is 0 Å². The van der Waals surface area contributed by atoms with Crippen LogP contribution in [0.15, 0.2) is 35.2 Å². The lowest BCUT2D eigenvalue weighted by Crippen LogP contribution is -1.92. The van der Waals surface area contributed by atoms with E-state index in [0.29, 0.717) is 0 Å². The third-order valence-corrected chi connectivity index (χ3v) is 3.66. The first kappa shape index (κ1) is 8.97. The lowest BCUT2D eigenvalue weighted by Gasteiger charge is -2.03. The standard InChI is InChI=1S/C12H15P/c1-2-3-4-6-10-9-13-12-8-5-7-11(10)12/h5,7-9H,2-4,6H2,1H3. The molecule has 0 aromatic rings.